The van der Waals surface area contributed by atoms with Crippen LogP contribution in [0.1, 0.15) is 15.9 Å². The van der Waals surface area contributed by atoms with E-state index in [-0.39, 0.29) is 22.8 Å². The highest BCUT2D eigenvalue weighted by molar-refractivity contribution is 6.31. The van der Waals surface area contributed by atoms with Gasteiger partial charge in [0.05, 0.1) is 17.1 Å². The third-order valence-corrected chi connectivity index (χ3v) is 4.52. The summed E-state index contributed by atoms with van der Waals surface area (Å²) >= 11 is 5.69. The Morgan fingerprint density at radius 3 is 2.22 bits per heavy atom. The monoisotopic (exact) mass is 465 g/mol. The molecule has 3 rings (SSSR count). The molecule has 32 heavy (non-hydrogen) atoms. The maximum Gasteiger partial charge on any atom is 0.416 e. The maximum absolute atomic E-state index is 13.2. The summed E-state index contributed by atoms with van der Waals surface area (Å²) in [4.78, 5) is 24.6. The fourth-order valence-corrected chi connectivity index (χ4v) is 2.89. The predicted molar refractivity (Wildman–Crippen MR) is 114 cm³/mol. The molecule has 3 N–H and O–H groups in total. The van der Waals surface area contributed by atoms with Gasteiger partial charge in [0.15, 0.2) is 0 Å². The van der Waals surface area contributed by atoms with E-state index in [4.69, 9.17) is 11.6 Å². The third-order valence-electron chi connectivity index (χ3n) is 4.23. The first kappa shape index (κ1) is 23.1. The fraction of sp³-hybridized carbons (Fsp3) is 0.0909. The molecule has 0 unspecified atom stereocenters. The van der Waals surface area contributed by atoms with Crippen LogP contribution in [0.25, 0.3) is 0 Å². The van der Waals surface area contributed by atoms with Crippen LogP contribution in [0, 0.1) is 5.82 Å². The van der Waals surface area contributed by atoms with Gasteiger partial charge in [-0.1, -0.05) is 23.7 Å². The zero-order valence-electron chi connectivity index (χ0n) is 16.3. The van der Waals surface area contributed by atoms with Gasteiger partial charge in [0.2, 0.25) is 5.91 Å². The van der Waals surface area contributed by atoms with E-state index in [0.717, 1.165) is 18.2 Å². The molecule has 3 aromatic carbocycles. The van der Waals surface area contributed by atoms with E-state index in [0.29, 0.717) is 11.4 Å². The molecule has 0 saturated carbocycles. The second kappa shape index (κ2) is 9.69. The number of amides is 2. The molecule has 5 nitrogen and oxygen atoms in total. The van der Waals surface area contributed by atoms with Crippen molar-refractivity contribution in [3.05, 3.63) is 88.7 Å². The zero-order chi connectivity index (χ0) is 23.3. The molecule has 0 bridgehead atoms. The lowest BCUT2D eigenvalue weighted by molar-refractivity contribution is -0.137. The average molecular weight is 466 g/mol. The van der Waals surface area contributed by atoms with Crippen molar-refractivity contribution in [2.24, 2.45) is 0 Å². The number of carbonyl (C=O) groups excluding carboxylic acids is 2. The number of halogens is 5. The molecule has 3 aromatic rings. The van der Waals surface area contributed by atoms with Crippen molar-refractivity contribution in [3.63, 3.8) is 0 Å². The van der Waals surface area contributed by atoms with Crippen molar-refractivity contribution in [3.8, 4) is 0 Å². The van der Waals surface area contributed by atoms with Crippen molar-refractivity contribution >= 4 is 40.5 Å². The number of carbonyl (C=O) groups is 2. The number of anilines is 3. The molecule has 10 heteroatoms. The van der Waals surface area contributed by atoms with E-state index in [1.54, 1.807) is 6.07 Å². The van der Waals surface area contributed by atoms with Crippen molar-refractivity contribution in [1.82, 2.24) is 0 Å². The number of hydrogen-bond acceptors (Lipinski definition) is 3. The van der Waals surface area contributed by atoms with Crippen LogP contribution in [0.2, 0.25) is 5.02 Å². The Bertz CT molecular complexity index is 1150. The first-order valence-corrected chi connectivity index (χ1v) is 9.57. The fourth-order valence-electron chi connectivity index (χ4n) is 2.71. The normalized spacial score (nSPS) is 11.0. The van der Waals surface area contributed by atoms with Crippen molar-refractivity contribution in [2.75, 3.05) is 22.5 Å². The molecule has 0 atom stereocenters. The highest BCUT2D eigenvalue weighted by atomic mass is 35.5. The van der Waals surface area contributed by atoms with Gasteiger partial charge in [0.25, 0.3) is 5.91 Å². The van der Waals surface area contributed by atoms with Crippen LogP contribution in [-0.2, 0) is 11.0 Å². The van der Waals surface area contributed by atoms with Crippen molar-refractivity contribution in [2.45, 2.75) is 6.18 Å². The Labute approximate surface area is 185 Å². The standard InChI is InChI=1S/C22H16ClF4N3O2/c23-18-11-15(7-8-19(18)24)28-12-20(31)29-16-5-1-3-13(9-16)21(32)30-17-6-2-4-14(10-17)22(25,26)27/h1-11,28H,12H2,(H,29,31)(H,30,32). The van der Waals surface area contributed by atoms with Gasteiger partial charge in [-0.2, -0.15) is 13.2 Å². The number of rotatable bonds is 6. The minimum Gasteiger partial charge on any atom is -0.376 e. The number of benzene rings is 3. The molecule has 0 aliphatic heterocycles. The minimum absolute atomic E-state index is 0.0126. The lowest BCUT2D eigenvalue weighted by Crippen LogP contribution is -2.22. The summed E-state index contributed by atoms with van der Waals surface area (Å²) in [5.41, 5.74) is -0.00226. The second-order valence-electron chi connectivity index (χ2n) is 6.64. The van der Waals surface area contributed by atoms with Crippen LogP contribution in [0.5, 0.6) is 0 Å². The number of hydrogen-bond donors (Lipinski definition) is 3. The Hall–Kier alpha value is -3.59. The molecule has 0 fully saturated rings. The maximum atomic E-state index is 13.2. The molecule has 0 aromatic heterocycles. The van der Waals surface area contributed by atoms with Crippen molar-refractivity contribution in [1.29, 1.82) is 0 Å². The largest absolute Gasteiger partial charge is 0.416 e. The number of nitrogens with one attached hydrogen (secondary N) is 3. The van der Waals surface area contributed by atoms with E-state index >= 15 is 0 Å². The molecular weight excluding hydrogens is 450 g/mol. The third kappa shape index (κ3) is 6.21. The van der Waals surface area contributed by atoms with Gasteiger partial charge in [-0.15, -0.1) is 0 Å². The lowest BCUT2D eigenvalue weighted by atomic mass is 10.1. The molecule has 0 spiro atoms. The summed E-state index contributed by atoms with van der Waals surface area (Å²) in [6.07, 6.45) is -4.53. The summed E-state index contributed by atoms with van der Waals surface area (Å²) in [6, 6.07) is 14.1. The molecule has 0 heterocycles. The molecular formula is C22H16ClF4N3O2. The van der Waals surface area contributed by atoms with Gasteiger partial charge in [-0.05, 0) is 54.6 Å². The molecule has 166 valence electrons. The van der Waals surface area contributed by atoms with Gasteiger partial charge in [0, 0.05) is 22.6 Å². The molecule has 0 aliphatic rings. The quantitative estimate of drug-likeness (QED) is 0.403. The highest BCUT2D eigenvalue weighted by Crippen LogP contribution is 2.30. The van der Waals surface area contributed by atoms with Gasteiger partial charge >= 0.3 is 6.18 Å². The summed E-state index contributed by atoms with van der Waals surface area (Å²) < 4.78 is 51.7. The first-order chi connectivity index (χ1) is 15.1. The van der Waals surface area contributed by atoms with E-state index in [1.807, 2.05) is 0 Å². The average Bonchev–Trinajstić information content (AvgIpc) is 2.74. The van der Waals surface area contributed by atoms with Gasteiger partial charge in [-0.25, -0.2) is 4.39 Å². The van der Waals surface area contributed by atoms with Crippen LogP contribution >= 0.6 is 11.6 Å². The summed E-state index contributed by atoms with van der Waals surface area (Å²) in [5.74, 6) is -1.66. The Balaban J connectivity index is 1.61. The lowest BCUT2D eigenvalue weighted by Gasteiger charge is -2.11. The molecule has 0 saturated heterocycles. The van der Waals surface area contributed by atoms with Crippen LogP contribution in [-0.4, -0.2) is 18.4 Å². The SMILES string of the molecule is O=C(CNc1ccc(F)c(Cl)c1)Nc1cccc(C(=O)Nc2cccc(C(F)(F)F)c2)c1. The van der Waals surface area contributed by atoms with Gasteiger partial charge < -0.3 is 16.0 Å². The highest BCUT2D eigenvalue weighted by Gasteiger charge is 2.30. The van der Waals surface area contributed by atoms with E-state index in [1.165, 1.54) is 42.5 Å². The summed E-state index contributed by atoms with van der Waals surface area (Å²) in [6.45, 7) is -0.150. The Kier molecular flexibility index (Phi) is 6.99. The van der Waals surface area contributed by atoms with Gasteiger partial charge in [0.1, 0.15) is 5.82 Å². The van der Waals surface area contributed by atoms with Crippen LogP contribution in [0.4, 0.5) is 34.6 Å². The molecule has 2 amide bonds. The van der Waals surface area contributed by atoms with Crippen LogP contribution < -0.4 is 16.0 Å². The molecule has 0 aliphatic carbocycles. The topological polar surface area (TPSA) is 70.2 Å². The smallest absolute Gasteiger partial charge is 0.376 e. The minimum atomic E-state index is -4.53. The zero-order valence-corrected chi connectivity index (χ0v) is 17.0. The van der Waals surface area contributed by atoms with Gasteiger partial charge in [-0.3, -0.25) is 9.59 Å². The van der Waals surface area contributed by atoms with Crippen LogP contribution in [0.15, 0.2) is 66.7 Å². The Morgan fingerprint density at radius 2 is 1.53 bits per heavy atom. The number of alkyl halides is 3. The summed E-state index contributed by atoms with van der Waals surface area (Å²) in [5, 5.41) is 7.69. The first-order valence-electron chi connectivity index (χ1n) is 9.19. The predicted octanol–water partition coefficient (Wildman–Crippen LogP) is 5.80. The van der Waals surface area contributed by atoms with E-state index in [2.05, 4.69) is 16.0 Å². The second-order valence-corrected chi connectivity index (χ2v) is 7.05. The summed E-state index contributed by atoms with van der Waals surface area (Å²) in [7, 11) is 0. The molecule has 0 radical (unpaired) electrons. The van der Waals surface area contributed by atoms with E-state index < -0.39 is 29.4 Å². The van der Waals surface area contributed by atoms with Crippen LogP contribution in [0.3, 0.4) is 0 Å². The Morgan fingerprint density at radius 1 is 0.844 bits per heavy atom. The van der Waals surface area contributed by atoms with Crippen molar-refractivity contribution < 1.29 is 27.2 Å². The van der Waals surface area contributed by atoms with E-state index in [9.17, 15) is 27.2 Å².